The Morgan fingerprint density at radius 3 is 2.53 bits per heavy atom. The van der Waals surface area contributed by atoms with Gasteiger partial charge in [0.25, 0.3) is 5.91 Å². The molecule has 36 heavy (non-hydrogen) atoms. The van der Waals surface area contributed by atoms with Gasteiger partial charge in [0.2, 0.25) is 5.95 Å². The van der Waals surface area contributed by atoms with Gasteiger partial charge in [0.05, 0.1) is 31.9 Å². The quantitative estimate of drug-likeness (QED) is 0.509. The van der Waals surface area contributed by atoms with Crippen LogP contribution in [-0.2, 0) is 29.1 Å². The lowest BCUT2D eigenvalue weighted by Crippen LogP contribution is -2.27. The lowest BCUT2D eigenvalue weighted by Gasteiger charge is -2.14. The Bertz CT molecular complexity index is 1510. The second-order valence-corrected chi connectivity index (χ2v) is 12.2. The van der Waals surface area contributed by atoms with E-state index in [9.17, 15) is 26.4 Å². The van der Waals surface area contributed by atoms with Crippen LogP contribution in [0.15, 0.2) is 29.3 Å². The molecule has 1 aromatic carbocycles. The van der Waals surface area contributed by atoms with Gasteiger partial charge in [-0.2, -0.15) is 13.2 Å². The first-order chi connectivity index (χ1) is 16.8. The van der Waals surface area contributed by atoms with Gasteiger partial charge in [-0.3, -0.25) is 9.69 Å². The van der Waals surface area contributed by atoms with Crippen LogP contribution in [0.4, 0.5) is 24.8 Å². The topological polar surface area (TPSA) is 95.5 Å². The number of rotatable bonds is 3. The van der Waals surface area contributed by atoms with Crippen molar-refractivity contribution >= 4 is 50.3 Å². The highest BCUT2D eigenvalue weighted by Gasteiger charge is 2.38. The number of hydrogen-bond donors (Lipinski definition) is 1. The van der Waals surface area contributed by atoms with E-state index < -0.39 is 33.2 Å². The van der Waals surface area contributed by atoms with Crippen LogP contribution in [0.2, 0.25) is 5.02 Å². The van der Waals surface area contributed by atoms with Crippen molar-refractivity contribution in [2.24, 2.45) is 0 Å². The van der Waals surface area contributed by atoms with E-state index in [1.54, 1.807) is 12.1 Å². The monoisotopic (exact) mass is 557 g/mol. The van der Waals surface area contributed by atoms with E-state index in [-0.39, 0.29) is 32.9 Å². The number of nitrogens with zero attached hydrogens (tertiary/aromatic N) is 4. The van der Waals surface area contributed by atoms with Gasteiger partial charge >= 0.3 is 6.18 Å². The largest absolute Gasteiger partial charge is 0.420 e. The predicted octanol–water partition coefficient (Wildman–Crippen LogP) is 4.43. The molecular formula is C22H19ClF3N5O3S2. The summed E-state index contributed by atoms with van der Waals surface area (Å²) in [6.07, 6.45) is -4.18. The molecule has 0 bridgehead atoms. The van der Waals surface area contributed by atoms with Gasteiger partial charge in [-0.25, -0.2) is 18.4 Å². The number of thiophene rings is 1. The van der Waals surface area contributed by atoms with Crippen LogP contribution in [0.3, 0.4) is 0 Å². The van der Waals surface area contributed by atoms with E-state index >= 15 is 0 Å². The summed E-state index contributed by atoms with van der Waals surface area (Å²) in [5.74, 6) is -1.05. The number of anilines is 2. The summed E-state index contributed by atoms with van der Waals surface area (Å²) >= 11 is 7.05. The molecule has 8 nitrogen and oxygen atoms in total. The number of sulfone groups is 1. The SMILES string of the molecule is CN1Cc2cc(Cl)c(Nc3ncc(C(F)(F)F)c(-c4cc5c(s4)C(=O)N(C)CCS5(=O)=O)n3)cc2C1. The van der Waals surface area contributed by atoms with Gasteiger partial charge in [0.1, 0.15) is 10.4 Å². The molecule has 1 N–H and O–H groups in total. The van der Waals surface area contributed by atoms with Crippen molar-refractivity contribution in [3.8, 4) is 10.6 Å². The number of benzene rings is 1. The van der Waals surface area contributed by atoms with Crippen LogP contribution in [0.1, 0.15) is 26.4 Å². The first-order valence-electron chi connectivity index (χ1n) is 10.7. The number of carbonyl (C=O) groups excluding carboxylic acids is 1. The summed E-state index contributed by atoms with van der Waals surface area (Å²) in [6, 6.07) is 4.68. The molecule has 4 heterocycles. The van der Waals surface area contributed by atoms with Crippen molar-refractivity contribution in [1.29, 1.82) is 0 Å². The lowest BCUT2D eigenvalue weighted by molar-refractivity contribution is -0.137. The molecule has 14 heteroatoms. The summed E-state index contributed by atoms with van der Waals surface area (Å²) in [4.78, 5) is 23.4. The predicted molar refractivity (Wildman–Crippen MR) is 129 cm³/mol. The molecule has 0 unspecified atom stereocenters. The standard InChI is InChI=1S/C22H19ClF3N5O3S2/c1-30-9-11-5-14(23)15(6-12(11)10-30)28-21-27-8-13(22(24,25)26)18(29-21)16-7-17-19(35-16)20(32)31(2)3-4-36(17,33)34/h5-8H,3-4,9-10H2,1-2H3,(H,27,28,29). The molecule has 2 aromatic heterocycles. The Morgan fingerprint density at radius 1 is 1.14 bits per heavy atom. The fourth-order valence-electron chi connectivity index (χ4n) is 4.16. The lowest BCUT2D eigenvalue weighted by atomic mass is 10.1. The zero-order valence-corrected chi connectivity index (χ0v) is 21.4. The molecule has 0 saturated carbocycles. The fourth-order valence-corrected chi connectivity index (χ4v) is 7.42. The first kappa shape index (κ1) is 24.9. The number of alkyl halides is 3. The smallest absolute Gasteiger partial charge is 0.340 e. The van der Waals surface area contributed by atoms with Crippen molar-refractivity contribution < 1.29 is 26.4 Å². The van der Waals surface area contributed by atoms with E-state index in [0.717, 1.165) is 23.7 Å². The van der Waals surface area contributed by atoms with Gasteiger partial charge in [-0.1, -0.05) is 11.6 Å². The highest BCUT2D eigenvalue weighted by atomic mass is 35.5. The fraction of sp³-hybridized carbons (Fsp3) is 0.318. The van der Waals surface area contributed by atoms with E-state index in [4.69, 9.17) is 11.6 Å². The Labute approximate surface area is 213 Å². The van der Waals surface area contributed by atoms with E-state index in [1.807, 2.05) is 7.05 Å². The highest BCUT2D eigenvalue weighted by molar-refractivity contribution is 7.91. The second-order valence-electron chi connectivity index (χ2n) is 8.70. The molecular weight excluding hydrogens is 539 g/mol. The van der Waals surface area contributed by atoms with Gasteiger partial charge < -0.3 is 10.2 Å². The highest BCUT2D eigenvalue weighted by Crippen LogP contribution is 2.42. The number of aromatic nitrogens is 2. The van der Waals surface area contributed by atoms with Crippen LogP contribution < -0.4 is 5.32 Å². The van der Waals surface area contributed by atoms with E-state index in [1.165, 1.54) is 11.9 Å². The summed E-state index contributed by atoms with van der Waals surface area (Å²) in [5, 5.41) is 3.24. The summed E-state index contributed by atoms with van der Waals surface area (Å²) in [6.45, 7) is 1.42. The third kappa shape index (κ3) is 4.44. The molecule has 0 saturated heterocycles. The Kier molecular flexibility index (Phi) is 6.01. The van der Waals surface area contributed by atoms with Crippen LogP contribution in [0.25, 0.3) is 10.6 Å². The zero-order valence-electron chi connectivity index (χ0n) is 19.0. The normalized spacial score (nSPS) is 17.6. The average Bonchev–Trinajstić information content (AvgIpc) is 3.38. The van der Waals surface area contributed by atoms with Crippen LogP contribution in [-0.4, -0.2) is 60.5 Å². The Balaban J connectivity index is 1.60. The summed E-state index contributed by atoms with van der Waals surface area (Å²) < 4.78 is 67.0. The summed E-state index contributed by atoms with van der Waals surface area (Å²) in [7, 11) is -0.470. The molecule has 1 amide bonds. The first-order valence-corrected chi connectivity index (χ1v) is 13.5. The van der Waals surface area contributed by atoms with Gasteiger partial charge in [-0.15, -0.1) is 11.3 Å². The van der Waals surface area contributed by atoms with Gasteiger partial charge in [0.15, 0.2) is 9.84 Å². The number of hydrogen-bond acceptors (Lipinski definition) is 8. The van der Waals surface area contributed by atoms with Crippen LogP contribution >= 0.6 is 22.9 Å². The molecule has 0 fully saturated rings. The van der Waals surface area contributed by atoms with E-state index in [0.29, 0.717) is 34.8 Å². The zero-order chi connectivity index (χ0) is 26.0. The van der Waals surface area contributed by atoms with E-state index in [2.05, 4.69) is 20.2 Å². The third-order valence-electron chi connectivity index (χ3n) is 6.01. The van der Waals surface area contributed by atoms with Crippen molar-refractivity contribution in [2.45, 2.75) is 24.2 Å². The Morgan fingerprint density at radius 2 is 1.83 bits per heavy atom. The minimum Gasteiger partial charge on any atom is -0.340 e. The number of carbonyl (C=O) groups is 1. The van der Waals surface area contributed by atoms with Crippen LogP contribution in [0, 0.1) is 0 Å². The Hall–Kier alpha value is -2.74. The number of fused-ring (bicyclic) bond motifs is 2. The van der Waals surface area contributed by atoms with Gasteiger partial charge in [0, 0.05) is 32.9 Å². The third-order valence-corrected chi connectivity index (χ3v) is 9.30. The molecule has 0 radical (unpaired) electrons. The van der Waals surface area contributed by atoms with Crippen molar-refractivity contribution in [2.75, 3.05) is 31.7 Å². The number of amides is 1. The maximum absolute atomic E-state index is 13.9. The molecule has 2 aliphatic heterocycles. The summed E-state index contributed by atoms with van der Waals surface area (Å²) in [5.41, 5.74) is 0.826. The molecule has 0 spiro atoms. The maximum Gasteiger partial charge on any atom is 0.420 e. The van der Waals surface area contributed by atoms with Crippen molar-refractivity contribution in [3.63, 3.8) is 0 Å². The molecule has 2 aliphatic rings. The minimum atomic E-state index is -4.81. The van der Waals surface area contributed by atoms with Crippen molar-refractivity contribution in [3.05, 3.63) is 51.0 Å². The molecule has 190 valence electrons. The van der Waals surface area contributed by atoms with Gasteiger partial charge in [-0.05, 0) is 36.4 Å². The molecule has 0 atom stereocenters. The number of halogens is 4. The molecule has 3 aromatic rings. The average molecular weight is 558 g/mol. The minimum absolute atomic E-state index is 0.00932. The maximum atomic E-state index is 13.9. The second kappa shape index (κ2) is 8.68. The molecule has 5 rings (SSSR count). The van der Waals surface area contributed by atoms with Crippen LogP contribution in [0.5, 0.6) is 0 Å². The number of nitrogens with one attached hydrogen (secondary N) is 1. The van der Waals surface area contributed by atoms with Crippen molar-refractivity contribution in [1.82, 2.24) is 19.8 Å². The molecule has 0 aliphatic carbocycles.